The molecule has 0 aromatic carbocycles. The SMILES string of the molecule is CCCCCC[C@H](C)N[C@H](C)c1cn[nH]c1. The average Bonchev–Trinajstić information content (AvgIpc) is 2.77. The number of aromatic amines is 1. The van der Waals surface area contributed by atoms with Crippen LogP contribution in [-0.4, -0.2) is 16.2 Å². The fraction of sp³-hybridized carbons (Fsp3) is 0.769. The summed E-state index contributed by atoms with van der Waals surface area (Å²) in [5, 5.41) is 10.4. The molecule has 0 radical (unpaired) electrons. The van der Waals surface area contributed by atoms with Gasteiger partial charge in [0.25, 0.3) is 0 Å². The normalized spacial score (nSPS) is 14.9. The first kappa shape index (κ1) is 13.2. The van der Waals surface area contributed by atoms with Gasteiger partial charge in [-0.05, 0) is 20.3 Å². The number of unbranched alkanes of at least 4 members (excludes halogenated alkanes) is 3. The van der Waals surface area contributed by atoms with Crippen molar-refractivity contribution in [2.75, 3.05) is 0 Å². The third-order valence-corrected chi connectivity index (χ3v) is 3.04. The molecule has 3 heteroatoms. The van der Waals surface area contributed by atoms with Gasteiger partial charge in [-0.25, -0.2) is 0 Å². The molecule has 0 unspecified atom stereocenters. The maximum Gasteiger partial charge on any atom is 0.0534 e. The predicted molar refractivity (Wildman–Crippen MR) is 68.4 cm³/mol. The summed E-state index contributed by atoms with van der Waals surface area (Å²) in [5.74, 6) is 0. The Morgan fingerprint density at radius 2 is 2.12 bits per heavy atom. The largest absolute Gasteiger partial charge is 0.308 e. The van der Waals surface area contributed by atoms with Crippen LogP contribution in [-0.2, 0) is 0 Å². The zero-order valence-corrected chi connectivity index (χ0v) is 10.8. The molecule has 1 heterocycles. The van der Waals surface area contributed by atoms with Crippen molar-refractivity contribution in [2.45, 2.75) is 65.0 Å². The van der Waals surface area contributed by atoms with Gasteiger partial charge in [0.15, 0.2) is 0 Å². The standard InChI is InChI=1S/C13H25N3/c1-4-5-6-7-8-11(2)16-12(3)13-9-14-15-10-13/h9-12,16H,4-8H2,1-3H3,(H,14,15)/t11-,12+/m0/s1. The second kappa shape index (κ2) is 7.44. The molecule has 0 saturated heterocycles. The lowest BCUT2D eigenvalue weighted by Gasteiger charge is -2.18. The van der Waals surface area contributed by atoms with Crippen molar-refractivity contribution >= 4 is 0 Å². The maximum absolute atomic E-state index is 3.97. The van der Waals surface area contributed by atoms with E-state index < -0.39 is 0 Å². The number of nitrogens with one attached hydrogen (secondary N) is 2. The number of hydrogen-bond donors (Lipinski definition) is 2. The molecule has 0 amide bonds. The molecule has 3 nitrogen and oxygen atoms in total. The molecule has 16 heavy (non-hydrogen) atoms. The Balaban J connectivity index is 2.16. The third-order valence-electron chi connectivity index (χ3n) is 3.04. The van der Waals surface area contributed by atoms with Crippen LogP contribution in [0.5, 0.6) is 0 Å². The summed E-state index contributed by atoms with van der Waals surface area (Å²) in [6.45, 7) is 6.71. The van der Waals surface area contributed by atoms with Gasteiger partial charge in [-0.15, -0.1) is 0 Å². The molecular formula is C13H25N3. The molecule has 1 aromatic rings. The van der Waals surface area contributed by atoms with Crippen LogP contribution in [0.2, 0.25) is 0 Å². The van der Waals surface area contributed by atoms with Crippen molar-refractivity contribution < 1.29 is 0 Å². The molecule has 0 aliphatic rings. The van der Waals surface area contributed by atoms with Crippen LogP contribution in [0.4, 0.5) is 0 Å². The fourth-order valence-corrected chi connectivity index (χ4v) is 1.98. The van der Waals surface area contributed by atoms with Gasteiger partial charge in [-0.1, -0.05) is 32.6 Å². The molecule has 0 aliphatic heterocycles. The number of nitrogens with zero attached hydrogens (tertiary/aromatic N) is 1. The third kappa shape index (κ3) is 4.79. The number of aromatic nitrogens is 2. The summed E-state index contributed by atoms with van der Waals surface area (Å²) in [4.78, 5) is 0. The summed E-state index contributed by atoms with van der Waals surface area (Å²) in [6, 6.07) is 0.974. The van der Waals surface area contributed by atoms with Gasteiger partial charge in [0.2, 0.25) is 0 Å². The van der Waals surface area contributed by atoms with Crippen molar-refractivity contribution in [2.24, 2.45) is 0 Å². The first-order chi connectivity index (χ1) is 7.74. The van der Waals surface area contributed by atoms with E-state index >= 15 is 0 Å². The van der Waals surface area contributed by atoms with E-state index in [4.69, 9.17) is 0 Å². The zero-order chi connectivity index (χ0) is 11.8. The van der Waals surface area contributed by atoms with Crippen LogP contribution in [0.15, 0.2) is 12.4 Å². The average molecular weight is 223 g/mol. The van der Waals surface area contributed by atoms with Gasteiger partial charge in [-0.2, -0.15) is 5.10 Å². The second-order valence-electron chi connectivity index (χ2n) is 4.67. The Labute approximate surface area is 99.0 Å². The van der Waals surface area contributed by atoms with E-state index in [1.165, 1.54) is 37.7 Å². The Morgan fingerprint density at radius 3 is 2.75 bits per heavy atom. The summed E-state index contributed by atoms with van der Waals surface area (Å²) in [6.07, 6.45) is 10.5. The highest BCUT2D eigenvalue weighted by Gasteiger charge is 2.09. The maximum atomic E-state index is 3.97. The first-order valence-corrected chi connectivity index (χ1v) is 6.48. The highest BCUT2D eigenvalue weighted by molar-refractivity contribution is 5.08. The van der Waals surface area contributed by atoms with E-state index in [-0.39, 0.29) is 0 Å². The quantitative estimate of drug-likeness (QED) is 0.663. The Hall–Kier alpha value is -0.830. The lowest BCUT2D eigenvalue weighted by Crippen LogP contribution is -2.28. The minimum atomic E-state index is 0.389. The van der Waals surface area contributed by atoms with Crippen LogP contribution in [0.3, 0.4) is 0 Å². The highest BCUT2D eigenvalue weighted by Crippen LogP contribution is 2.12. The van der Waals surface area contributed by atoms with Gasteiger partial charge in [0.05, 0.1) is 6.20 Å². The molecule has 0 fully saturated rings. The molecular weight excluding hydrogens is 198 g/mol. The molecule has 0 bridgehead atoms. The van der Waals surface area contributed by atoms with Gasteiger partial charge in [0.1, 0.15) is 0 Å². The van der Waals surface area contributed by atoms with Gasteiger partial charge in [0, 0.05) is 23.8 Å². The Morgan fingerprint density at radius 1 is 1.31 bits per heavy atom. The number of hydrogen-bond acceptors (Lipinski definition) is 2. The summed E-state index contributed by atoms with van der Waals surface area (Å²) >= 11 is 0. The van der Waals surface area contributed by atoms with Crippen LogP contribution < -0.4 is 5.32 Å². The summed E-state index contributed by atoms with van der Waals surface area (Å²) < 4.78 is 0. The first-order valence-electron chi connectivity index (χ1n) is 6.48. The molecule has 0 spiro atoms. The van der Waals surface area contributed by atoms with E-state index in [9.17, 15) is 0 Å². The second-order valence-corrected chi connectivity index (χ2v) is 4.67. The van der Waals surface area contributed by atoms with Crippen LogP contribution >= 0.6 is 0 Å². The predicted octanol–water partition coefficient (Wildman–Crippen LogP) is 3.42. The number of H-pyrrole nitrogens is 1. The molecule has 0 aliphatic carbocycles. The Bertz CT molecular complexity index is 256. The number of rotatable bonds is 8. The van der Waals surface area contributed by atoms with Crippen molar-refractivity contribution in [3.05, 3.63) is 18.0 Å². The lowest BCUT2D eigenvalue weighted by molar-refractivity contribution is 0.438. The van der Waals surface area contributed by atoms with E-state index in [0.717, 1.165) is 0 Å². The summed E-state index contributed by atoms with van der Waals surface area (Å²) in [7, 11) is 0. The van der Waals surface area contributed by atoms with Crippen LogP contribution in [0, 0.1) is 0 Å². The van der Waals surface area contributed by atoms with E-state index in [1.807, 2.05) is 12.4 Å². The van der Waals surface area contributed by atoms with E-state index in [1.54, 1.807) is 0 Å². The van der Waals surface area contributed by atoms with Gasteiger partial charge in [-0.3, -0.25) is 5.10 Å². The van der Waals surface area contributed by atoms with Crippen molar-refractivity contribution in [3.8, 4) is 0 Å². The summed E-state index contributed by atoms with van der Waals surface area (Å²) in [5.41, 5.74) is 1.24. The Kier molecular flexibility index (Phi) is 6.16. The van der Waals surface area contributed by atoms with E-state index in [0.29, 0.717) is 12.1 Å². The molecule has 0 saturated carbocycles. The fourth-order valence-electron chi connectivity index (χ4n) is 1.98. The van der Waals surface area contributed by atoms with Gasteiger partial charge < -0.3 is 5.32 Å². The van der Waals surface area contributed by atoms with Crippen molar-refractivity contribution in [1.29, 1.82) is 0 Å². The monoisotopic (exact) mass is 223 g/mol. The lowest BCUT2D eigenvalue weighted by atomic mass is 10.1. The van der Waals surface area contributed by atoms with Gasteiger partial charge >= 0.3 is 0 Å². The molecule has 92 valence electrons. The van der Waals surface area contributed by atoms with Crippen molar-refractivity contribution in [1.82, 2.24) is 15.5 Å². The van der Waals surface area contributed by atoms with Crippen LogP contribution in [0.25, 0.3) is 0 Å². The van der Waals surface area contributed by atoms with E-state index in [2.05, 4.69) is 36.3 Å². The van der Waals surface area contributed by atoms with Crippen LogP contribution in [0.1, 0.15) is 64.5 Å². The zero-order valence-electron chi connectivity index (χ0n) is 10.8. The smallest absolute Gasteiger partial charge is 0.0534 e. The highest BCUT2D eigenvalue weighted by atomic mass is 15.1. The molecule has 2 N–H and O–H groups in total. The minimum Gasteiger partial charge on any atom is -0.308 e. The molecule has 1 rings (SSSR count). The molecule has 2 atom stereocenters. The van der Waals surface area contributed by atoms with Crippen molar-refractivity contribution in [3.63, 3.8) is 0 Å². The minimum absolute atomic E-state index is 0.389. The molecule has 1 aromatic heterocycles. The topological polar surface area (TPSA) is 40.7 Å².